The zero-order chi connectivity index (χ0) is 18.5. The van der Waals surface area contributed by atoms with Crippen molar-refractivity contribution in [3.63, 3.8) is 0 Å². The molecule has 138 valence electrons. The van der Waals surface area contributed by atoms with Crippen LogP contribution in [0.1, 0.15) is 28.8 Å². The number of nitrogens with one attached hydrogen (secondary N) is 1. The Hall–Kier alpha value is -3.06. The fraction of sp³-hybridized carbons (Fsp3) is 0.300. The van der Waals surface area contributed by atoms with E-state index >= 15 is 0 Å². The first-order chi connectivity index (χ1) is 13.3. The van der Waals surface area contributed by atoms with Crippen molar-refractivity contribution in [3.8, 4) is 5.69 Å². The molecule has 0 radical (unpaired) electrons. The number of anilines is 1. The lowest BCUT2D eigenvalue weighted by Crippen LogP contribution is -2.21. The summed E-state index contributed by atoms with van der Waals surface area (Å²) in [6, 6.07) is 15.3. The molecule has 1 N–H and O–H groups in total. The zero-order valence-electron chi connectivity index (χ0n) is 15.1. The quantitative estimate of drug-likeness (QED) is 0.729. The van der Waals surface area contributed by atoms with Crippen LogP contribution in [0, 0.1) is 0 Å². The summed E-state index contributed by atoms with van der Waals surface area (Å²) in [6.45, 7) is 3.55. The SMILES string of the molecule is O=C(Nc1ccc(CCN2CCCC2)cc1)c1cccc(-n2cnnn2)c1. The van der Waals surface area contributed by atoms with Crippen molar-refractivity contribution in [1.29, 1.82) is 0 Å². The fourth-order valence-electron chi connectivity index (χ4n) is 3.32. The van der Waals surface area contributed by atoms with Gasteiger partial charge in [0.25, 0.3) is 5.91 Å². The Labute approximate surface area is 158 Å². The third-order valence-corrected chi connectivity index (χ3v) is 4.85. The van der Waals surface area contributed by atoms with Gasteiger partial charge in [-0.2, -0.15) is 0 Å². The standard InChI is InChI=1S/C20H22N6O/c27-20(17-4-3-5-19(14-17)26-15-21-23-24-26)22-18-8-6-16(7-9-18)10-13-25-11-1-2-12-25/h3-9,14-15H,1-2,10-13H2,(H,22,27). The lowest BCUT2D eigenvalue weighted by Gasteiger charge is -2.14. The minimum absolute atomic E-state index is 0.158. The van der Waals surface area contributed by atoms with Gasteiger partial charge in [0.05, 0.1) is 5.69 Å². The van der Waals surface area contributed by atoms with Crippen LogP contribution in [-0.4, -0.2) is 50.6 Å². The normalized spacial score (nSPS) is 14.4. The number of aromatic nitrogens is 4. The molecule has 0 spiro atoms. The number of benzene rings is 2. The summed E-state index contributed by atoms with van der Waals surface area (Å²) in [6.07, 6.45) is 5.18. The molecule has 1 aliphatic rings. The average Bonchev–Trinajstić information content (AvgIpc) is 3.42. The molecule has 7 heteroatoms. The Bertz CT molecular complexity index is 885. The van der Waals surface area contributed by atoms with E-state index in [0.29, 0.717) is 5.56 Å². The number of carbonyl (C=O) groups excluding carboxylic acids is 1. The van der Waals surface area contributed by atoms with E-state index in [-0.39, 0.29) is 5.91 Å². The number of tetrazole rings is 1. The van der Waals surface area contributed by atoms with E-state index in [1.54, 1.807) is 12.1 Å². The van der Waals surface area contributed by atoms with Crippen LogP contribution in [0.25, 0.3) is 5.69 Å². The summed E-state index contributed by atoms with van der Waals surface area (Å²) < 4.78 is 1.52. The Morgan fingerprint density at radius 2 is 1.89 bits per heavy atom. The average molecular weight is 362 g/mol. The molecule has 0 unspecified atom stereocenters. The number of amides is 1. The molecule has 1 fully saturated rings. The van der Waals surface area contributed by atoms with Crippen LogP contribution >= 0.6 is 0 Å². The van der Waals surface area contributed by atoms with Gasteiger partial charge in [-0.05, 0) is 78.7 Å². The second kappa shape index (κ2) is 8.09. The van der Waals surface area contributed by atoms with Gasteiger partial charge in [0.15, 0.2) is 0 Å². The van der Waals surface area contributed by atoms with Crippen molar-refractivity contribution < 1.29 is 4.79 Å². The first-order valence-electron chi connectivity index (χ1n) is 9.24. The van der Waals surface area contributed by atoms with Gasteiger partial charge in [-0.1, -0.05) is 18.2 Å². The van der Waals surface area contributed by atoms with E-state index in [1.165, 1.54) is 42.5 Å². The molecule has 0 atom stereocenters. The van der Waals surface area contributed by atoms with Crippen LogP contribution in [-0.2, 0) is 6.42 Å². The molecule has 3 aromatic rings. The predicted octanol–water partition coefficient (Wildman–Crippen LogP) is 2.55. The fourth-order valence-corrected chi connectivity index (χ4v) is 3.32. The van der Waals surface area contributed by atoms with Crippen LogP contribution in [0.3, 0.4) is 0 Å². The monoisotopic (exact) mass is 362 g/mol. The number of likely N-dealkylation sites (tertiary alicyclic amines) is 1. The molecule has 1 aromatic heterocycles. The summed E-state index contributed by atoms with van der Waals surface area (Å²) >= 11 is 0. The van der Waals surface area contributed by atoms with Gasteiger partial charge in [-0.25, -0.2) is 4.68 Å². The number of nitrogens with zero attached hydrogens (tertiary/aromatic N) is 5. The van der Waals surface area contributed by atoms with Crippen LogP contribution in [0.15, 0.2) is 54.9 Å². The number of carbonyl (C=O) groups is 1. The zero-order valence-corrected chi connectivity index (χ0v) is 15.1. The molecule has 0 bridgehead atoms. The van der Waals surface area contributed by atoms with E-state index in [2.05, 4.69) is 37.9 Å². The molecule has 1 amide bonds. The van der Waals surface area contributed by atoms with Gasteiger partial charge in [-0.3, -0.25) is 4.79 Å². The van der Waals surface area contributed by atoms with E-state index in [4.69, 9.17) is 0 Å². The first kappa shape index (κ1) is 17.4. The third kappa shape index (κ3) is 4.38. The topological polar surface area (TPSA) is 75.9 Å². The smallest absolute Gasteiger partial charge is 0.255 e. The lowest BCUT2D eigenvalue weighted by molar-refractivity contribution is 0.102. The van der Waals surface area contributed by atoms with Gasteiger partial charge in [0, 0.05) is 17.8 Å². The molecular weight excluding hydrogens is 340 g/mol. The van der Waals surface area contributed by atoms with Gasteiger partial charge in [-0.15, -0.1) is 5.10 Å². The number of hydrogen-bond acceptors (Lipinski definition) is 5. The predicted molar refractivity (Wildman–Crippen MR) is 103 cm³/mol. The maximum absolute atomic E-state index is 12.5. The first-order valence-corrected chi connectivity index (χ1v) is 9.24. The molecule has 2 aromatic carbocycles. The van der Waals surface area contributed by atoms with Crippen molar-refractivity contribution in [3.05, 3.63) is 66.0 Å². The molecule has 1 saturated heterocycles. The molecular formula is C20H22N6O. The van der Waals surface area contributed by atoms with Crippen molar-refractivity contribution >= 4 is 11.6 Å². The molecule has 7 nitrogen and oxygen atoms in total. The second-order valence-electron chi connectivity index (χ2n) is 6.75. The highest BCUT2D eigenvalue weighted by Gasteiger charge is 2.11. The maximum atomic E-state index is 12.5. The highest BCUT2D eigenvalue weighted by atomic mass is 16.1. The van der Waals surface area contributed by atoms with Crippen LogP contribution in [0.2, 0.25) is 0 Å². The highest BCUT2D eigenvalue weighted by Crippen LogP contribution is 2.15. The maximum Gasteiger partial charge on any atom is 0.255 e. The van der Waals surface area contributed by atoms with Crippen molar-refractivity contribution in [2.24, 2.45) is 0 Å². The van der Waals surface area contributed by atoms with Crippen LogP contribution < -0.4 is 5.32 Å². The Morgan fingerprint density at radius 3 is 2.63 bits per heavy atom. The van der Waals surface area contributed by atoms with Crippen molar-refractivity contribution in [2.45, 2.75) is 19.3 Å². The summed E-state index contributed by atoms with van der Waals surface area (Å²) in [5, 5.41) is 14.0. The summed E-state index contributed by atoms with van der Waals surface area (Å²) in [5.41, 5.74) is 3.38. The third-order valence-electron chi connectivity index (χ3n) is 4.85. The highest BCUT2D eigenvalue weighted by molar-refractivity contribution is 6.04. The van der Waals surface area contributed by atoms with E-state index < -0.39 is 0 Å². The van der Waals surface area contributed by atoms with E-state index in [9.17, 15) is 4.79 Å². The van der Waals surface area contributed by atoms with E-state index in [1.807, 2.05) is 24.3 Å². The van der Waals surface area contributed by atoms with Gasteiger partial charge >= 0.3 is 0 Å². The summed E-state index contributed by atoms with van der Waals surface area (Å²) in [5.74, 6) is -0.158. The largest absolute Gasteiger partial charge is 0.322 e. The second-order valence-corrected chi connectivity index (χ2v) is 6.75. The van der Waals surface area contributed by atoms with Crippen LogP contribution in [0.4, 0.5) is 5.69 Å². The van der Waals surface area contributed by atoms with Gasteiger partial charge in [0.2, 0.25) is 0 Å². The molecule has 0 aliphatic carbocycles. The van der Waals surface area contributed by atoms with Gasteiger partial charge < -0.3 is 10.2 Å². The molecule has 2 heterocycles. The molecule has 0 saturated carbocycles. The number of hydrogen-bond donors (Lipinski definition) is 1. The summed E-state index contributed by atoms with van der Waals surface area (Å²) in [4.78, 5) is 15.0. The number of rotatable bonds is 6. The van der Waals surface area contributed by atoms with Crippen LogP contribution in [0.5, 0.6) is 0 Å². The van der Waals surface area contributed by atoms with E-state index in [0.717, 1.165) is 24.3 Å². The molecule has 27 heavy (non-hydrogen) atoms. The van der Waals surface area contributed by atoms with Crippen molar-refractivity contribution in [2.75, 3.05) is 25.0 Å². The molecule has 1 aliphatic heterocycles. The minimum atomic E-state index is -0.158. The Balaban J connectivity index is 1.37. The summed E-state index contributed by atoms with van der Waals surface area (Å²) in [7, 11) is 0. The minimum Gasteiger partial charge on any atom is -0.322 e. The lowest BCUT2D eigenvalue weighted by atomic mass is 10.1. The Kier molecular flexibility index (Phi) is 5.20. The molecule has 4 rings (SSSR count). The Morgan fingerprint density at radius 1 is 1.07 bits per heavy atom. The van der Waals surface area contributed by atoms with Crippen molar-refractivity contribution in [1.82, 2.24) is 25.1 Å². The van der Waals surface area contributed by atoms with Gasteiger partial charge in [0.1, 0.15) is 6.33 Å².